The molecule has 0 aliphatic carbocycles. The van der Waals surface area contributed by atoms with Crippen LogP contribution in [0, 0.1) is 0 Å². The van der Waals surface area contributed by atoms with Crippen molar-refractivity contribution in [3.05, 3.63) is 0 Å². The van der Waals surface area contributed by atoms with Crippen molar-refractivity contribution in [2.45, 2.75) is 0 Å². The molecule has 0 fully saturated rings. The summed E-state index contributed by atoms with van der Waals surface area (Å²) in [5.41, 5.74) is 0. The van der Waals surface area contributed by atoms with Crippen LogP contribution in [-0.4, -0.2) is 30.4 Å². The molecule has 0 heterocycles. The van der Waals surface area contributed by atoms with Crippen molar-refractivity contribution >= 4 is 9.28 Å². The molecule has 0 aliphatic rings. The van der Waals surface area contributed by atoms with Crippen LogP contribution >= 0.6 is 0 Å². The van der Waals surface area contributed by atoms with Crippen LogP contribution in [0.15, 0.2) is 0 Å². The Morgan fingerprint density at radius 1 is 0.857 bits per heavy atom. The summed E-state index contributed by atoms with van der Waals surface area (Å²) in [7, 11) is 4.92. The minimum atomic E-state index is -0.921. The zero-order valence-corrected chi connectivity index (χ0v) is 6.23. The highest BCUT2D eigenvalue weighted by molar-refractivity contribution is 6.49. The second-order valence-corrected chi connectivity index (χ2v) is 3.90. The molecule has 0 rings (SSSR count). The third-order valence-electron chi connectivity index (χ3n) is 0.866. The molecule has 0 aromatic carbocycles. The summed E-state index contributed by atoms with van der Waals surface area (Å²) in [6.07, 6.45) is 0. The Labute approximate surface area is 46.3 Å². The zero-order valence-electron chi connectivity index (χ0n) is 5.08. The molecule has 3 N–H and O–H groups in total. The van der Waals surface area contributed by atoms with Gasteiger partial charge in [-0.05, 0) is 21.1 Å². The molecule has 0 aromatic heterocycles. The van der Waals surface area contributed by atoms with Crippen molar-refractivity contribution in [2.24, 2.45) is 0 Å². The topological polar surface area (TPSA) is 36.1 Å². The van der Waals surface area contributed by atoms with E-state index in [4.69, 9.17) is 0 Å². The molecule has 0 spiro atoms. The summed E-state index contributed by atoms with van der Waals surface area (Å²) >= 11 is 0. The molecule has 0 aliphatic heterocycles. The van der Waals surface area contributed by atoms with Crippen molar-refractivity contribution < 1.29 is 0 Å². The van der Waals surface area contributed by atoms with Gasteiger partial charge in [0, 0.05) is 0 Å². The second kappa shape index (κ2) is 4.26. The van der Waals surface area contributed by atoms with E-state index >= 15 is 0 Å². The van der Waals surface area contributed by atoms with Crippen LogP contribution < -0.4 is 14.9 Å². The molecule has 0 atom stereocenters. The largest absolute Gasteiger partial charge is 0.319 e. The molecule has 0 radical (unpaired) electrons. The molecule has 0 saturated heterocycles. The van der Waals surface area contributed by atoms with Gasteiger partial charge in [0.2, 0.25) is 0 Å². The molecule has 7 heavy (non-hydrogen) atoms. The van der Waals surface area contributed by atoms with Crippen LogP contribution in [0.5, 0.6) is 0 Å². The maximum absolute atomic E-state index is 3.12. The number of hydrogen-bond donors (Lipinski definition) is 3. The van der Waals surface area contributed by atoms with E-state index in [1.165, 1.54) is 0 Å². The fourth-order valence-electron chi connectivity index (χ4n) is 0.433. The van der Waals surface area contributed by atoms with E-state index < -0.39 is 9.28 Å². The van der Waals surface area contributed by atoms with E-state index in [2.05, 4.69) is 14.9 Å². The molecule has 0 aromatic rings. The van der Waals surface area contributed by atoms with Crippen LogP contribution in [0.25, 0.3) is 0 Å². The predicted octanol–water partition coefficient (Wildman–Crippen LogP) is -1.64. The van der Waals surface area contributed by atoms with Gasteiger partial charge in [-0.1, -0.05) is 0 Å². The van der Waals surface area contributed by atoms with Gasteiger partial charge >= 0.3 is 0 Å². The zero-order chi connectivity index (χ0) is 5.70. The first-order valence-electron chi connectivity index (χ1n) is 2.37. The van der Waals surface area contributed by atoms with Crippen molar-refractivity contribution in [3.63, 3.8) is 0 Å². The molecule has 0 unspecified atom stereocenters. The minimum Gasteiger partial charge on any atom is -0.319 e. The van der Waals surface area contributed by atoms with E-state index in [0.717, 1.165) is 0 Å². The Kier molecular flexibility index (Phi) is 4.32. The highest BCUT2D eigenvalue weighted by Gasteiger charge is 1.96. The van der Waals surface area contributed by atoms with Gasteiger partial charge in [0.25, 0.3) is 9.28 Å². The minimum absolute atomic E-state index is 0.921. The number of rotatable bonds is 3. The molecule has 0 saturated carbocycles. The SMILES string of the molecule is CN[SiH](NC)NC. The average molecular weight is 119 g/mol. The lowest BCUT2D eigenvalue weighted by molar-refractivity contribution is 0.981. The van der Waals surface area contributed by atoms with Crippen LogP contribution in [-0.2, 0) is 0 Å². The smallest absolute Gasteiger partial charge is 0.263 e. The fraction of sp³-hybridized carbons (Fsp3) is 1.00. The molecular formula is C3H13N3Si. The van der Waals surface area contributed by atoms with Crippen LogP contribution in [0.1, 0.15) is 0 Å². The summed E-state index contributed by atoms with van der Waals surface area (Å²) < 4.78 is 0. The van der Waals surface area contributed by atoms with Gasteiger partial charge in [-0.25, -0.2) is 0 Å². The number of hydrogen-bond acceptors (Lipinski definition) is 3. The van der Waals surface area contributed by atoms with E-state index in [0.29, 0.717) is 0 Å². The first-order chi connectivity index (χ1) is 3.35. The highest BCUT2D eigenvalue weighted by Crippen LogP contribution is 1.49. The average Bonchev–Trinajstić information content (AvgIpc) is 1.72. The monoisotopic (exact) mass is 119 g/mol. The van der Waals surface area contributed by atoms with E-state index in [9.17, 15) is 0 Å². The maximum atomic E-state index is 3.12. The van der Waals surface area contributed by atoms with Gasteiger partial charge in [-0.15, -0.1) is 0 Å². The maximum Gasteiger partial charge on any atom is 0.263 e. The van der Waals surface area contributed by atoms with Gasteiger partial charge < -0.3 is 14.9 Å². The summed E-state index contributed by atoms with van der Waals surface area (Å²) in [6.45, 7) is 0. The molecule has 0 bridgehead atoms. The van der Waals surface area contributed by atoms with E-state index in [1.807, 2.05) is 21.1 Å². The van der Waals surface area contributed by atoms with Gasteiger partial charge in [-0.2, -0.15) is 0 Å². The van der Waals surface area contributed by atoms with Crippen molar-refractivity contribution in [1.82, 2.24) is 14.9 Å². The summed E-state index contributed by atoms with van der Waals surface area (Å²) in [6, 6.07) is 0. The summed E-state index contributed by atoms with van der Waals surface area (Å²) in [4.78, 5) is 9.35. The second-order valence-electron chi connectivity index (χ2n) is 1.30. The highest BCUT2D eigenvalue weighted by atomic mass is 28.3. The lowest BCUT2D eigenvalue weighted by atomic mass is 11.6. The van der Waals surface area contributed by atoms with Crippen molar-refractivity contribution in [1.29, 1.82) is 0 Å². The van der Waals surface area contributed by atoms with Crippen LogP contribution in [0.2, 0.25) is 0 Å². The Bertz CT molecular complexity index is 31.7. The van der Waals surface area contributed by atoms with E-state index in [-0.39, 0.29) is 0 Å². The van der Waals surface area contributed by atoms with Crippen molar-refractivity contribution in [3.8, 4) is 0 Å². The fourth-order valence-corrected chi connectivity index (χ4v) is 1.30. The standard InChI is InChI=1S/C3H13N3Si/c1-4-7(5-2)6-3/h4-7H,1-3H3. The Balaban J connectivity index is 2.99. The Morgan fingerprint density at radius 3 is 1.14 bits per heavy atom. The Hall–Kier alpha value is 0.0969. The van der Waals surface area contributed by atoms with Crippen LogP contribution in [0.4, 0.5) is 0 Å². The van der Waals surface area contributed by atoms with Gasteiger partial charge in [0.15, 0.2) is 0 Å². The van der Waals surface area contributed by atoms with Crippen LogP contribution in [0.3, 0.4) is 0 Å². The predicted molar refractivity (Wildman–Crippen MR) is 34.3 cm³/mol. The lowest BCUT2D eigenvalue weighted by Crippen LogP contribution is -2.53. The first-order valence-corrected chi connectivity index (χ1v) is 4.10. The Morgan fingerprint density at radius 2 is 1.14 bits per heavy atom. The molecule has 44 valence electrons. The number of nitrogens with one attached hydrogen (secondary N) is 3. The van der Waals surface area contributed by atoms with E-state index in [1.54, 1.807) is 0 Å². The molecular weight excluding hydrogens is 106 g/mol. The molecule has 0 amide bonds. The molecule has 4 heteroatoms. The third kappa shape index (κ3) is 2.75. The molecule has 3 nitrogen and oxygen atoms in total. The third-order valence-corrected chi connectivity index (χ3v) is 2.60. The lowest BCUT2D eigenvalue weighted by Gasteiger charge is -2.08. The quantitative estimate of drug-likeness (QED) is 0.390. The normalized spacial score (nSPS) is 10.3. The summed E-state index contributed by atoms with van der Waals surface area (Å²) in [5, 5.41) is 0. The van der Waals surface area contributed by atoms with Crippen molar-refractivity contribution in [2.75, 3.05) is 21.1 Å². The van der Waals surface area contributed by atoms with Gasteiger partial charge in [0.05, 0.1) is 0 Å². The van der Waals surface area contributed by atoms with Gasteiger partial charge in [-0.3, -0.25) is 0 Å². The first kappa shape index (κ1) is 7.10. The summed E-state index contributed by atoms with van der Waals surface area (Å²) in [5.74, 6) is 0. The van der Waals surface area contributed by atoms with Gasteiger partial charge in [0.1, 0.15) is 0 Å².